The molecule has 0 radical (unpaired) electrons. The van der Waals surface area contributed by atoms with Gasteiger partial charge in [-0.3, -0.25) is 4.57 Å². The van der Waals surface area contributed by atoms with Crippen LogP contribution < -0.4 is 5.32 Å². The summed E-state index contributed by atoms with van der Waals surface area (Å²) >= 11 is 0. The van der Waals surface area contributed by atoms with Crippen LogP contribution in [0.3, 0.4) is 0 Å². The fraction of sp³-hybridized carbons (Fsp3) is 0.529. The topological polar surface area (TPSA) is 42.7 Å². The van der Waals surface area contributed by atoms with Crippen LogP contribution in [0.15, 0.2) is 30.7 Å². The molecule has 21 heavy (non-hydrogen) atoms. The van der Waals surface area contributed by atoms with E-state index < -0.39 is 0 Å². The van der Waals surface area contributed by atoms with Crippen LogP contribution in [0.1, 0.15) is 38.9 Å². The Kier molecular flexibility index (Phi) is 3.95. The average molecular weight is 284 g/mol. The van der Waals surface area contributed by atoms with Crippen molar-refractivity contribution < 1.29 is 0 Å². The molecule has 0 spiro atoms. The number of anilines is 1. The van der Waals surface area contributed by atoms with E-state index in [1.165, 1.54) is 19.3 Å². The van der Waals surface area contributed by atoms with Crippen molar-refractivity contribution in [2.45, 2.75) is 46.1 Å². The molecule has 2 aromatic heterocycles. The first-order valence-electron chi connectivity index (χ1n) is 7.87. The van der Waals surface area contributed by atoms with Gasteiger partial charge in [0.15, 0.2) is 5.82 Å². The highest BCUT2D eigenvalue weighted by atomic mass is 15.1. The fourth-order valence-electron chi connectivity index (χ4n) is 3.20. The number of nitrogens with zero attached hydrogens (tertiary/aromatic N) is 3. The Morgan fingerprint density at radius 2 is 2.00 bits per heavy atom. The monoisotopic (exact) mass is 284 g/mol. The molecule has 0 bridgehead atoms. The second-order valence-electron chi connectivity index (χ2n) is 6.33. The third-order valence-electron chi connectivity index (χ3n) is 4.80. The number of aromatic nitrogens is 3. The van der Waals surface area contributed by atoms with Crippen LogP contribution in [-0.4, -0.2) is 20.6 Å². The molecule has 1 aliphatic carbocycles. The van der Waals surface area contributed by atoms with Crippen LogP contribution in [0.5, 0.6) is 0 Å². The van der Waals surface area contributed by atoms with E-state index in [9.17, 15) is 0 Å². The molecule has 2 heterocycles. The predicted octanol–water partition coefficient (Wildman–Crippen LogP) is 3.81. The van der Waals surface area contributed by atoms with E-state index in [0.717, 1.165) is 29.2 Å². The van der Waals surface area contributed by atoms with Crippen molar-refractivity contribution in [3.05, 3.63) is 36.5 Å². The third kappa shape index (κ3) is 2.94. The lowest BCUT2D eigenvalue weighted by Gasteiger charge is -2.33. The predicted molar refractivity (Wildman–Crippen MR) is 85.7 cm³/mol. The van der Waals surface area contributed by atoms with Gasteiger partial charge in [0.05, 0.1) is 5.69 Å². The van der Waals surface area contributed by atoms with Crippen LogP contribution in [0.25, 0.3) is 5.82 Å². The van der Waals surface area contributed by atoms with E-state index in [0.29, 0.717) is 6.04 Å². The summed E-state index contributed by atoms with van der Waals surface area (Å²) in [5.74, 6) is 3.53. The molecule has 1 aliphatic rings. The molecule has 1 saturated carbocycles. The van der Waals surface area contributed by atoms with Crippen LogP contribution in [0.4, 0.5) is 5.69 Å². The molecule has 0 aliphatic heterocycles. The summed E-state index contributed by atoms with van der Waals surface area (Å²) < 4.78 is 2.04. The summed E-state index contributed by atoms with van der Waals surface area (Å²) in [4.78, 5) is 8.84. The minimum Gasteiger partial charge on any atom is -0.379 e. The van der Waals surface area contributed by atoms with Gasteiger partial charge in [-0.25, -0.2) is 9.97 Å². The first-order valence-corrected chi connectivity index (χ1v) is 7.87. The number of nitrogens with one attached hydrogen (secondary N) is 1. The highest BCUT2D eigenvalue weighted by Gasteiger charge is 2.25. The molecule has 1 N–H and O–H groups in total. The van der Waals surface area contributed by atoms with Gasteiger partial charge in [-0.1, -0.05) is 13.8 Å². The van der Waals surface area contributed by atoms with Crippen LogP contribution >= 0.6 is 0 Å². The van der Waals surface area contributed by atoms with Crippen molar-refractivity contribution in [2.75, 3.05) is 5.32 Å². The largest absolute Gasteiger partial charge is 0.379 e. The zero-order valence-corrected chi connectivity index (χ0v) is 13.1. The Morgan fingerprint density at radius 3 is 2.71 bits per heavy atom. The van der Waals surface area contributed by atoms with Crippen molar-refractivity contribution in [3.8, 4) is 5.82 Å². The molecular weight excluding hydrogens is 260 g/mol. The summed E-state index contributed by atoms with van der Waals surface area (Å²) in [6.45, 7) is 6.73. The minimum atomic E-state index is 0.544. The maximum Gasteiger partial charge on any atom is 0.161 e. The standard InChI is InChI=1S/C17H24N4/c1-12-6-7-15(11-13(12)2)20-16-5-4-8-19-17(16)21-10-9-18-14(21)3/h4-5,8-10,12-13,15,20H,6-7,11H2,1-3H3. The third-order valence-corrected chi connectivity index (χ3v) is 4.80. The molecule has 3 rings (SSSR count). The first kappa shape index (κ1) is 14.1. The first-order chi connectivity index (χ1) is 10.1. The molecule has 4 heteroatoms. The maximum absolute atomic E-state index is 4.54. The van der Waals surface area contributed by atoms with E-state index >= 15 is 0 Å². The van der Waals surface area contributed by atoms with Crippen molar-refractivity contribution in [1.29, 1.82) is 0 Å². The van der Waals surface area contributed by atoms with Gasteiger partial charge in [-0.2, -0.15) is 0 Å². The number of imidazole rings is 1. The molecule has 3 unspecified atom stereocenters. The van der Waals surface area contributed by atoms with E-state index in [2.05, 4.69) is 35.2 Å². The second-order valence-corrected chi connectivity index (χ2v) is 6.33. The summed E-state index contributed by atoms with van der Waals surface area (Å²) in [5.41, 5.74) is 1.10. The number of rotatable bonds is 3. The smallest absolute Gasteiger partial charge is 0.161 e. The van der Waals surface area contributed by atoms with Gasteiger partial charge in [0.25, 0.3) is 0 Å². The second kappa shape index (κ2) is 5.88. The molecule has 3 atom stereocenters. The Hall–Kier alpha value is -1.84. The van der Waals surface area contributed by atoms with E-state index in [-0.39, 0.29) is 0 Å². The van der Waals surface area contributed by atoms with Gasteiger partial charge in [-0.15, -0.1) is 0 Å². The highest BCUT2D eigenvalue weighted by molar-refractivity contribution is 5.57. The highest BCUT2D eigenvalue weighted by Crippen LogP contribution is 2.32. The lowest BCUT2D eigenvalue weighted by molar-refractivity contribution is 0.261. The van der Waals surface area contributed by atoms with E-state index in [4.69, 9.17) is 0 Å². The van der Waals surface area contributed by atoms with Gasteiger partial charge >= 0.3 is 0 Å². The number of pyridine rings is 1. The molecule has 4 nitrogen and oxygen atoms in total. The quantitative estimate of drug-likeness (QED) is 0.932. The summed E-state index contributed by atoms with van der Waals surface area (Å²) in [6.07, 6.45) is 9.40. The zero-order valence-electron chi connectivity index (χ0n) is 13.1. The zero-order chi connectivity index (χ0) is 14.8. The van der Waals surface area contributed by atoms with Crippen molar-refractivity contribution >= 4 is 5.69 Å². The van der Waals surface area contributed by atoms with E-state index in [1.54, 1.807) is 0 Å². The van der Waals surface area contributed by atoms with Crippen molar-refractivity contribution in [1.82, 2.24) is 14.5 Å². The molecule has 0 saturated heterocycles. The summed E-state index contributed by atoms with van der Waals surface area (Å²) in [5, 5.41) is 3.70. The fourth-order valence-corrected chi connectivity index (χ4v) is 3.20. The summed E-state index contributed by atoms with van der Waals surface area (Å²) in [7, 11) is 0. The molecule has 1 fully saturated rings. The maximum atomic E-state index is 4.54. The van der Waals surface area contributed by atoms with Gasteiger partial charge in [0, 0.05) is 24.6 Å². The number of hydrogen-bond donors (Lipinski definition) is 1. The van der Waals surface area contributed by atoms with E-state index in [1.807, 2.05) is 36.1 Å². The molecule has 0 amide bonds. The minimum absolute atomic E-state index is 0.544. The SMILES string of the molecule is Cc1nccn1-c1ncccc1NC1CCC(C)C(C)C1. The average Bonchev–Trinajstić information content (AvgIpc) is 2.90. The van der Waals surface area contributed by atoms with Gasteiger partial charge in [0.2, 0.25) is 0 Å². The Morgan fingerprint density at radius 1 is 1.14 bits per heavy atom. The number of hydrogen-bond acceptors (Lipinski definition) is 3. The molecule has 0 aromatic carbocycles. The lowest BCUT2D eigenvalue weighted by Crippen LogP contribution is -2.30. The molecule has 112 valence electrons. The molecular formula is C17H24N4. The van der Waals surface area contributed by atoms with Gasteiger partial charge < -0.3 is 5.32 Å². The molecule has 2 aromatic rings. The Balaban J connectivity index is 1.82. The van der Waals surface area contributed by atoms with Crippen LogP contribution in [0, 0.1) is 18.8 Å². The Labute approximate surface area is 126 Å². The van der Waals surface area contributed by atoms with Crippen molar-refractivity contribution in [2.24, 2.45) is 11.8 Å². The van der Waals surface area contributed by atoms with Crippen LogP contribution in [-0.2, 0) is 0 Å². The Bertz CT molecular complexity index is 604. The number of aryl methyl sites for hydroxylation is 1. The van der Waals surface area contributed by atoms with Crippen molar-refractivity contribution in [3.63, 3.8) is 0 Å². The van der Waals surface area contributed by atoms with Gasteiger partial charge in [0.1, 0.15) is 5.82 Å². The van der Waals surface area contributed by atoms with Gasteiger partial charge in [-0.05, 0) is 50.2 Å². The normalized spacial score (nSPS) is 25.8. The summed E-state index contributed by atoms with van der Waals surface area (Å²) in [6, 6.07) is 4.65. The van der Waals surface area contributed by atoms with Crippen LogP contribution in [0.2, 0.25) is 0 Å². The lowest BCUT2D eigenvalue weighted by atomic mass is 9.79.